The van der Waals surface area contributed by atoms with Gasteiger partial charge < -0.3 is 5.11 Å². The van der Waals surface area contributed by atoms with E-state index in [0.29, 0.717) is 5.75 Å². The normalized spacial score (nSPS) is 20.9. The molecule has 2 heteroatoms. The Kier molecular flexibility index (Phi) is 7.35. The topological polar surface area (TPSA) is 20.2 Å². The molecule has 0 bridgehead atoms. The lowest BCUT2D eigenvalue weighted by molar-refractivity contribution is 0.471. The molecule has 1 nitrogen and oxygen atoms in total. The summed E-state index contributed by atoms with van der Waals surface area (Å²) >= 11 is 0. The molecule has 1 fully saturated rings. The fourth-order valence-electron chi connectivity index (χ4n) is 3.76. The van der Waals surface area contributed by atoms with Crippen LogP contribution in [0, 0.1) is 6.92 Å². The third-order valence-corrected chi connectivity index (χ3v) is 12.0. The molecule has 20 heavy (non-hydrogen) atoms. The van der Waals surface area contributed by atoms with Crippen LogP contribution in [-0.2, 0) is 0 Å². The van der Waals surface area contributed by atoms with Gasteiger partial charge in [0, 0.05) is 0 Å². The van der Waals surface area contributed by atoms with Crippen LogP contribution >= 0.6 is 0 Å². The predicted octanol–water partition coefficient (Wildman–Crippen LogP) is 6.14. The van der Waals surface area contributed by atoms with Crippen molar-refractivity contribution in [1.82, 2.24) is 0 Å². The van der Waals surface area contributed by atoms with Crippen molar-refractivity contribution in [2.45, 2.75) is 77.1 Å². The molecule has 1 aromatic rings. The molecule has 1 aliphatic rings. The molecular weight excluding hydrogens is 260 g/mol. The van der Waals surface area contributed by atoms with Crippen molar-refractivity contribution >= 4 is 8.07 Å². The van der Waals surface area contributed by atoms with Gasteiger partial charge in [0.1, 0.15) is 5.75 Å². The molecule has 0 saturated carbocycles. The van der Waals surface area contributed by atoms with Crippen molar-refractivity contribution in [2.75, 3.05) is 0 Å². The molecule has 1 aliphatic heterocycles. The lowest BCUT2D eigenvalue weighted by Crippen LogP contribution is -2.40. The molecule has 0 spiro atoms. The maximum atomic E-state index is 8.92. The van der Waals surface area contributed by atoms with Gasteiger partial charge in [0.15, 0.2) is 0 Å². The molecule has 1 atom stereocenters. The molecule has 0 aromatic heterocycles. The van der Waals surface area contributed by atoms with Crippen LogP contribution in [-0.4, -0.2) is 13.2 Å². The van der Waals surface area contributed by atoms with E-state index in [9.17, 15) is 0 Å². The average molecular weight is 293 g/mol. The van der Waals surface area contributed by atoms with Crippen molar-refractivity contribution in [2.24, 2.45) is 0 Å². The molecule has 0 aliphatic carbocycles. The maximum absolute atomic E-state index is 8.92. The van der Waals surface area contributed by atoms with E-state index >= 15 is 0 Å². The summed E-state index contributed by atoms with van der Waals surface area (Å²) in [5.74, 6) is 0.368. The average Bonchev–Trinajstić information content (AvgIpc) is 2.50. The molecule has 0 amide bonds. The van der Waals surface area contributed by atoms with Crippen LogP contribution in [0.2, 0.25) is 23.7 Å². The van der Waals surface area contributed by atoms with Gasteiger partial charge in [-0.1, -0.05) is 82.8 Å². The van der Waals surface area contributed by atoms with E-state index in [1.54, 1.807) is 37.0 Å². The van der Waals surface area contributed by atoms with Crippen LogP contribution in [0.5, 0.6) is 5.75 Å². The maximum Gasteiger partial charge on any atom is 0.118 e. The first-order valence-corrected chi connectivity index (χ1v) is 11.0. The molecule has 1 aromatic carbocycles. The summed E-state index contributed by atoms with van der Waals surface area (Å²) in [6.45, 7) is 9.17. The van der Waals surface area contributed by atoms with Crippen LogP contribution in [0.15, 0.2) is 24.3 Å². The van der Waals surface area contributed by atoms with Crippen LogP contribution in [0.4, 0.5) is 0 Å². The molecule has 1 unspecified atom stereocenters. The molecular formula is C18H32OSi. The fourth-order valence-corrected chi connectivity index (χ4v) is 9.17. The SMILES string of the molecule is CCC1CCCC[Si]1(CC)CC.Cc1ccccc1O. The van der Waals surface area contributed by atoms with Crippen LogP contribution in [0.3, 0.4) is 0 Å². The number of hydrogen-bond donors (Lipinski definition) is 1. The van der Waals surface area contributed by atoms with Gasteiger partial charge in [0.05, 0.1) is 8.07 Å². The van der Waals surface area contributed by atoms with Gasteiger partial charge >= 0.3 is 0 Å². The Morgan fingerprint density at radius 3 is 2.15 bits per heavy atom. The summed E-state index contributed by atoms with van der Waals surface area (Å²) in [7, 11) is -0.760. The van der Waals surface area contributed by atoms with Crippen molar-refractivity contribution in [3.63, 3.8) is 0 Å². The summed E-state index contributed by atoms with van der Waals surface area (Å²) in [4.78, 5) is 0. The molecule has 114 valence electrons. The van der Waals surface area contributed by atoms with Crippen molar-refractivity contribution in [3.05, 3.63) is 29.8 Å². The van der Waals surface area contributed by atoms with E-state index < -0.39 is 8.07 Å². The number of aromatic hydroxyl groups is 1. The minimum atomic E-state index is -0.760. The summed E-state index contributed by atoms with van der Waals surface area (Å²) in [6.07, 6.45) is 6.09. The number of phenols is 1. The highest BCUT2D eigenvalue weighted by atomic mass is 28.3. The van der Waals surface area contributed by atoms with Crippen molar-refractivity contribution < 1.29 is 5.11 Å². The quantitative estimate of drug-likeness (QED) is 0.663. The van der Waals surface area contributed by atoms with E-state index in [-0.39, 0.29) is 0 Å². The zero-order chi connectivity index (χ0) is 15.0. The van der Waals surface area contributed by atoms with Crippen molar-refractivity contribution in [3.8, 4) is 5.75 Å². The van der Waals surface area contributed by atoms with Crippen molar-refractivity contribution in [1.29, 1.82) is 0 Å². The van der Waals surface area contributed by atoms with Crippen LogP contribution in [0.25, 0.3) is 0 Å². The number of hydrogen-bond acceptors (Lipinski definition) is 1. The first-order valence-electron chi connectivity index (χ1n) is 8.34. The summed E-state index contributed by atoms with van der Waals surface area (Å²) < 4.78 is 0. The minimum Gasteiger partial charge on any atom is -0.508 e. The Labute approximate surface area is 126 Å². The van der Waals surface area contributed by atoms with E-state index in [0.717, 1.165) is 5.56 Å². The smallest absolute Gasteiger partial charge is 0.118 e. The van der Waals surface area contributed by atoms with Gasteiger partial charge in [-0.25, -0.2) is 0 Å². The number of phenolic OH excluding ortho intramolecular Hbond substituents is 1. The lowest BCUT2D eigenvalue weighted by atomic mass is 10.1. The first-order chi connectivity index (χ1) is 9.59. The lowest BCUT2D eigenvalue weighted by Gasteiger charge is -2.41. The third kappa shape index (κ3) is 4.37. The minimum absolute atomic E-state index is 0.368. The molecule has 0 radical (unpaired) electrons. The summed E-state index contributed by atoms with van der Waals surface area (Å²) in [5, 5.41) is 8.92. The summed E-state index contributed by atoms with van der Waals surface area (Å²) in [6, 6.07) is 12.0. The van der Waals surface area contributed by atoms with Gasteiger partial charge in [-0.3, -0.25) is 0 Å². The predicted molar refractivity (Wildman–Crippen MR) is 92.3 cm³/mol. The highest BCUT2D eigenvalue weighted by Crippen LogP contribution is 2.44. The van der Waals surface area contributed by atoms with Gasteiger partial charge in [0.25, 0.3) is 0 Å². The molecule has 1 heterocycles. The van der Waals surface area contributed by atoms with Gasteiger partial charge in [-0.05, 0) is 24.1 Å². The standard InChI is InChI=1S/C11H24Si.C7H8O/c1-4-11-9-7-8-10-12(11,5-2)6-3;1-6-4-2-3-5-7(6)8/h11H,4-10H2,1-3H3;2-5,8H,1H3. The highest BCUT2D eigenvalue weighted by Gasteiger charge is 2.38. The Hall–Kier alpha value is -0.763. The Bertz CT molecular complexity index is 364. The van der Waals surface area contributed by atoms with E-state index in [2.05, 4.69) is 20.8 Å². The number of rotatable bonds is 3. The van der Waals surface area contributed by atoms with E-state index in [4.69, 9.17) is 5.11 Å². The van der Waals surface area contributed by atoms with Crippen LogP contribution in [0.1, 0.15) is 52.0 Å². The molecule has 2 rings (SSSR count). The number of benzene rings is 1. The monoisotopic (exact) mass is 292 g/mol. The molecule has 1 N–H and O–H groups in total. The van der Waals surface area contributed by atoms with Crippen LogP contribution < -0.4 is 0 Å². The van der Waals surface area contributed by atoms with E-state index in [1.807, 2.05) is 25.1 Å². The largest absolute Gasteiger partial charge is 0.508 e. The van der Waals surface area contributed by atoms with Gasteiger partial charge in [-0.2, -0.15) is 0 Å². The second-order valence-electron chi connectivity index (χ2n) is 6.21. The number of para-hydroxylation sites is 1. The molecule has 1 saturated heterocycles. The summed E-state index contributed by atoms with van der Waals surface area (Å²) in [5.41, 5.74) is 2.09. The Morgan fingerprint density at radius 1 is 1.10 bits per heavy atom. The van der Waals surface area contributed by atoms with Gasteiger partial charge in [-0.15, -0.1) is 0 Å². The zero-order valence-electron chi connectivity index (χ0n) is 13.8. The third-order valence-electron chi connectivity index (χ3n) is 5.36. The zero-order valence-corrected chi connectivity index (χ0v) is 14.8. The second-order valence-corrected chi connectivity index (χ2v) is 11.7. The highest BCUT2D eigenvalue weighted by molar-refractivity contribution is 6.81. The first kappa shape index (κ1) is 17.3. The van der Waals surface area contributed by atoms with E-state index in [1.165, 1.54) is 18.4 Å². The Balaban J connectivity index is 0.000000217. The van der Waals surface area contributed by atoms with Gasteiger partial charge in [0.2, 0.25) is 0 Å². The Morgan fingerprint density at radius 2 is 1.75 bits per heavy atom. The fraction of sp³-hybridized carbons (Fsp3) is 0.667. The second kappa shape index (κ2) is 8.51. The number of aryl methyl sites for hydroxylation is 1.